The average Bonchev–Trinajstić information content (AvgIpc) is 3.30. The molecule has 7 nitrogen and oxygen atoms in total. The summed E-state index contributed by atoms with van der Waals surface area (Å²) in [6.07, 6.45) is 8.28. The SMILES string of the molecule is CN=C(NCCCOC1CCOCC1)NCc1cccc(OC)c1OC1CCCC1.I. The zero-order valence-electron chi connectivity index (χ0n) is 18.9. The Hall–Kier alpha value is -1.26. The van der Waals surface area contributed by atoms with Crippen LogP contribution < -0.4 is 20.1 Å². The Morgan fingerprint density at radius 3 is 2.58 bits per heavy atom. The summed E-state index contributed by atoms with van der Waals surface area (Å²) in [5.74, 6) is 2.41. The molecule has 0 spiro atoms. The second kappa shape index (κ2) is 14.7. The fourth-order valence-corrected chi connectivity index (χ4v) is 3.94. The molecule has 176 valence electrons. The van der Waals surface area contributed by atoms with Gasteiger partial charge in [-0.15, -0.1) is 24.0 Å². The number of hydrogen-bond acceptors (Lipinski definition) is 5. The summed E-state index contributed by atoms with van der Waals surface area (Å²) in [6, 6.07) is 6.04. The predicted molar refractivity (Wildman–Crippen MR) is 134 cm³/mol. The quantitative estimate of drug-likeness (QED) is 0.201. The highest BCUT2D eigenvalue weighted by Gasteiger charge is 2.20. The van der Waals surface area contributed by atoms with Gasteiger partial charge in [-0.25, -0.2) is 0 Å². The van der Waals surface area contributed by atoms with Gasteiger partial charge in [0.25, 0.3) is 0 Å². The lowest BCUT2D eigenvalue weighted by Gasteiger charge is -2.22. The molecule has 1 aliphatic heterocycles. The molecular weight excluding hydrogens is 509 g/mol. The normalized spacial score (nSPS) is 17.8. The Morgan fingerprint density at radius 1 is 1.10 bits per heavy atom. The molecule has 0 bridgehead atoms. The molecule has 1 aliphatic carbocycles. The number of hydrogen-bond donors (Lipinski definition) is 2. The first-order valence-electron chi connectivity index (χ1n) is 11.3. The van der Waals surface area contributed by atoms with Gasteiger partial charge >= 0.3 is 0 Å². The molecule has 1 heterocycles. The molecule has 3 rings (SSSR count). The number of nitrogens with one attached hydrogen (secondary N) is 2. The van der Waals surface area contributed by atoms with Crippen LogP contribution in [0.5, 0.6) is 11.5 Å². The minimum Gasteiger partial charge on any atom is -0.493 e. The van der Waals surface area contributed by atoms with Gasteiger partial charge in [-0.1, -0.05) is 12.1 Å². The molecular formula is C23H38IN3O4. The zero-order chi connectivity index (χ0) is 21.0. The van der Waals surface area contributed by atoms with Gasteiger partial charge in [-0.05, 0) is 51.0 Å². The summed E-state index contributed by atoms with van der Waals surface area (Å²) < 4.78 is 23.1. The van der Waals surface area contributed by atoms with Crippen LogP contribution in [0.1, 0.15) is 50.5 Å². The number of aliphatic imine (C=N–C) groups is 1. The Labute approximate surface area is 203 Å². The van der Waals surface area contributed by atoms with Crippen LogP contribution in [0, 0.1) is 0 Å². The third-order valence-corrected chi connectivity index (χ3v) is 5.67. The van der Waals surface area contributed by atoms with Crippen molar-refractivity contribution in [3.63, 3.8) is 0 Å². The zero-order valence-corrected chi connectivity index (χ0v) is 21.2. The fraction of sp³-hybridized carbons (Fsp3) is 0.696. The third kappa shape index (κ3) is 8.65. The van der Waals surface area contributed by atoms with Crippen molar-refractivity contribution in [3.8, 4) is 11.5 Å². The van der Waals surface area contributed by atoms with E-state index in [4.69, 9.17) is 18.9 Å². The minimum absolute atomic E-state index is 0. The van der Waals surface area contributed by atoms with Crippen LogP contribution in [0.2, 0.25) is 0 Å². The highest BCUT2D eigenvalue weighted by molar-refractivity contribution is 14.0. The average molecular weight is 547 g/mol. The van der Waals surface area contributed by atoms with Gasteiger partial charge in [0.2, 0.25) is 0 Å². The van der Waals surface area contributed by atoms with Crippen molar-refractivity contribution in [2.45, 2.75) is 63.7 Å². The van der Waals surface area contributed by atoms with E-state index in [-0.39, 0.29) is 30.1 Å². The topological polar surface area (TPSA) is 73.3 Å². The molecule has 0 radical (unpaired) electrons. The van der Waals surface area contributed by atoms with Gasteiger partial charge < -0.3 is 29.6 Å². The summed E-state index contributed by atoms with van der Waals surface area (Å²) in [6.45, 7) is 3.82. The van der Waals surface area contributed by atoms with Gasteiger partial charge in [0.05, 0.1) is 19.3 Å². The summed E-state index contributed by atoms with van der Waals surface area (Å²) in [5.41, 5.74) is 1.08. The van der Waals surface area contributed by atoms with Crippen molar-refractivity contribution in [1.29, 1.82) is 0 Å². The molecule has 1 saturated heterocycles. The van der Waals surface area contributed by atoms with Gasteiger partial charge in [-0.3, -0.25) is 4.99 Å². The molecule has 2 N–H and O–H groups in total. The maximum atomic E-state index is 6.31. The van der Waals surface area contributed by atoms with E-state index in [0.717, 1.165) is 81.5 Å². The molecule has 0 atom stereocenters. The number of para-hydroxylation sites is 1. The Morgan fingerprint density at radius 2 is 1.87 bits per heavy atom. The van der Waals surface area contributed by atoms with Crippen LogP contribution in [0.4, 0.5) is 0 Å². The predicted octanol–water partition coefficient (Wildman–Crippen LogP) is 3.89. The second-order valence-corrected chi connectivity index (χ2v) is 7.86. The smallest absolute Gasteiger partial charge is 0.191 e. The molecule has 1 saturated carbocycles. The third-order valence-electron chi connectivity index (χ3n) is 5.67. The highest BCUT2D eigenvalue weighted by Crippen LogP contribution is 2.34. The van der Waals surface area contributed by atoms with Gasteiger partial charge in [0.1, 0.15) is 0 Å². The second-order valence-electron chi connectivity index (χ2n) is 7.86. The van der Waals surface area contributed by atoms with E-state index >= 15 is 0 Å². The molecule has 0 amide bonds. The Bertz CT molecular complexity index is 662. The van der Waals surface area contributed by atoms with Crippen molar-refractivity contribution in [2.75, 3.05) is 40.5 Å². The number of ether oxygens (including phenoxy) is 4. The van der Waals surface area contributed by atoms with Crippen LogP contribution in [0.15, 0.2) is 23.2 Å². The van der Waals surface area contributed by atoms with Crippen molar-refractivity contribution in [1.82, 2.24) is 10.6 Å². The Balaban J connectivity index is 0.00000341. The van der Waals surface area contributed by atoms with E-state index in [2.05, 4.69) is 21.7 Å². The number of benzene rings is 1. The van der Waals surface area contributed by atoms with Crippen molar-refractivity contribution < 1.29 is 18.9 Å². The molecule has 2 aliphatic rings. The number of halogens is 1. The van der Waals surface area contributed by atoms with Gasteiger partial charge in [0.15, 0.2) is 17.5 Å². The minimum atomic E-state index is 0. The monoisotopic (exact) mass is 547 g/mol. The molecule has 0 unspecified atom stereocenters. The lowest BCUT2D eigenvalue weighted by molar-refractivity contribution is -0.0320. The van der Waals surface area contributed by atoms with Gasteiger partial charge in [-0.2, -0.15) is 0 Å². The van der Waals surface area contributed by atoms with Crippen LogP contribution in [0.25, 0.3) is 0 Å². The first-order valence-corrected chi connectivity index (χ1v) is 11.3. The van der Waals surface area contributed by atoms with E-state index in [9.17, 15) is 0 Å². The number of rotatable bonds is 10. The summed E-state index contributed by atoms with van der Waals surface area (Å²) in [4.78, 5) is 4.33. The molecule has 1 aromatic rings. The number of methoxy groups -OCH3 is 1. The van der Waals surface area contributed by atoms with Crippen LogP contribution in [-0.4, -0.2) is 58.7 Å². The summed E-state index contributed by atoms with van der Waals surface area (Å²) >= 11 is 0. The summed E-state index contributed by atoms with van der Waals surface area (Å²) in [7, 11) is 3.48. The standard InChI is InChI=1S/C23H37N3O4.HI/c1-24-23(25-13-6-14-29-19-11-15-28-16-12-19)26-17-18-7-5-10-21(27-2)22(18)30-20-8-3-4-9-20;/h5,7,10,19-20H,3-4,6,8-9,11-17H2,1-2H3,(H2,24,25,26);1H. The Kier molecular flexibility index (Phi) is 12.4. The number of guanidine groups is 1. The summed E-state index contributed by atoms with van der Waals surface area (Å²) in [5, 5.41) is 6.75. The maximum absolute atomic E-state index is 6.31. The maximum Gasteiger partial charge on any atom is 0.191 e. The fourth-order valence-electron chi connectivity index (χ4n) is 3.94. The van der Waals surface area contributed by atoms with Crippen molar-refractivity contribution in [2.24, 2.45) is 4.99 Å². The van der Waals surface area contributed by atoms with Crippen LogP contribution >= 0.6 is 24.0 Å². The lowest BCUT2D eigenvalue weighted by atomic mass is 10.1. The molecule has 2 fully saturated rings. The lowest BCUT2D eigenvalue weighted by Crippen LogP contribution is -2.37. The van der Waals surface area contributed by atoms with Crippen LogP contribution in [-0.2, 0) is 16.0 Å². The number of nitrogens with zero attached hydrogens (tertiary/aromatic N) is 1. The first kappa shape index (κ1) is 26.0. The van der Waals surface area contributed by atoms with Gasteiger partial charge in [0, 0.05) is 45.5 Å². The first-order chi connectivity index (χ1) is 14.8. The van der Waals surface area contributed by atoms with Crippen molar-refractivity contribution >= 4 is 29.9 Å². The highest BCUT2D eigenvalue weighted by atomic mass is 127. The van der Waals surface area contributed by atoms with E-state index in [1.54, 1.807) is 14.2 Å². The van der Waals surface area contributed by atoms with E-state index in [1.165, 1.54) is 12.8 Å². The van der Waals surface area contributed by atoms with E-state index in [1.807, 2.05) is 12.1 Å². The van der Waals surface area contributed by atoms with E-state index in [0.29, 0.717) is 12.6 Å². The van der Waals surface area contributed by atoms with Crippen LogP contribution in [0.3, 0.4) is 0 Å². The largest absolute Gasteiger partial charge is 0.493 e. The van der Waals surface area contributed by atoms with E-state index < -0.39 is 0 Å². The molecule has 0 aromatic heterocycles. The molecule has 8 heteroatoms. The molecule has 1 aromatic carbocycles. The molecule has 31 heavy (non-hydrogen) atoms. The van der Waals surface area contributed by atoms with Crippen molar-refractivity contribution in [3.05, 3.63) is 23.8 Å².